The minimum Gasteiger partial charge on any atom is -0.333 e. The van der Waals surface area contributed by atoms with Crippen LogP contribution in [0.1, 0.15) is 9.75 Å². The summed E-state index contributed by atoms with van der Waals surface area (Å²) in [6, 6.07) is 7.65. The quantitative estimate of drug-likeness (QED) is 0.701. The molecule has 3 amide bonds. The maximum atomic E-state index is 12.0. The molecule has 9 heteroatoms. The molecule has 3 rings (SSSR count). The predicted molar refractivity (Wildman–Crippen MR) is 108 cm³/mol. The van der Waals surface area contributed by atoms with E-state index in [2.05, 4.69) is 48.5 Å². The minimum atomic E-state index is -0.440. The summed E-state index contributed by atoms with van der Waals surface area (Å²) in [4.78, 5) is 30.7. The number of carbonyl (C=O) groups is 2. The maximum absolute atomic E-state index is 12.0. The van der Waals surface area contributed by atoms with Crippen molar-refractivity contribution >= 4 is 50.5 Å². The summed E-state index contributed by atoms with van der Waals surface area (Å²) < 4.78 is 1.15. The van der Waals surface area contributed by atoms with Gasteiger partial charge in [-0.2, -0.15) is 0 Å². The highest BCUT2D eigenvalue weighted by molar-refractivity contribution is 9.11. The lowest BCUT2D eigenvalue weighted by Gasteiger charge is -2.33. The molecular weight excluding hydrogens is 436 g/mol. The molecule has 3 heterocycles. The molecule has 6 nitrogen and oxygen atoms in total. The summed E-state index contributed by atoms with van der Waals surface area (Å²) >= 11 is 6.82. The second-order valence-corrected chi connectivity index (χ2v) is 9.65. The zero-order valence-electron chi connectivity index (χ0n) is 14.2. The van der Waals surface area contributed by atoms with Gasteiger partial charge in [-0.25, -0.2) is 4.79 Å². The van der Waals surface area contributed by atoms with Crippen LogP contribution in [0.15, 0.2) is 33.4 Å². The van der Waals surface area contributed by atoms with E-state index in [0.717, 1.165) is 41.4 Å². The summed E-state index contributed by atoms with van der Waals surface area (Å²) in [5, 5.41) is 7.06. The zero-order valence-corrected chi connectivity index (χ0v) is 17.5. The molecule has 140 valence electrons. The maximum Gasteiger partial charge on any atom is 0.321 e. The number of nitrogens with zero attached hydrogens (tertiary/aromatic N) is 2. The first-order chi connectivity index (χ1) is 12.6. The van der Waals surface area contributed by atoms with Gasteiger partial charge < -0.3 is 5.32 Å². The SMILES string of the molecule is O=C(CN1CCN(Cc2ccc(Br)s2)CC1)NC(=O)NCc1cccs1. The fourth-order valence-electron chi connectivity index (χ4n) is 2.76. The molecule has 1 fully saturated rings. The Balaban J connectivity index is 1.33. The first-order valence-electron chi connectivity index (χ1n) is 8.37. The fraction of sp³-hybridized carbons (Fsp3) is 0.412. The highest BCUT2D eigenvalue weighted by atomic mass is 79.9. The standard InChI is InChI=1S/C17H21BrN4O2S2/c18-15-4-3-14(26-15)11-21-5-7-22(8-6-21)12-16(23)20-17(24)19-10-13-2-1-9-25-13/h1-4,9H,5-8,10-12H2,(H2,19,20,23,24). The number of imide groups is 1. The van der Waals surface area contributed by atoms with Crippen molar-refractivity contribution < 1.29 is 9.59 Å². The third kappa shape index (κ3) is 6.17. The van der Waals surface area contributed by atoms with Crippen LogP contribution >= 0.6 is 38.6 Å². The molecule has 0 aliphatic carbocycles. The predicted octanol–water partition coefficient (Wildman–Crippen LogP) is 2.72. The molecule has 2 aromatic heterocycles. The number of nitrogens with one attached hydrogen (secondary N) is 2. The molecule has 0 unspecified atom stereocenters. The molecule has 0 spiro atoms. The molecule has 0 radical (unpaired) electrons. The van der Waals surface area contributed by atoms with Crippen molar-refractivity contribution in [3.63, 3.8) is 0 Å². The van der Waals surface area contributed by atoms with Crippen molar-refractivity contribution in [3.8, 4) is 0 Å². The molecular formula is C17H21BrN4O2S2. The average Bonchev–Trinajstić information content (AvgIpc) is 3.26. The van der Waals surface area contributed by atoms with Gasteiger partial charge in [0.2, 0.25) is 5.91 Å². The van der Waals surface area contributed by atoms with Gasteiger partial charge in [0, 0.05) is 42.5 Å². The molecule has 26 heavy (non-hydrogen) atoms. The molecule has 1 aliphatic rings. The number of hydrogen-bond acceptors (Lipinski definition) is 6. The summed E-state index contributed by atoms with van der Waals surface area (Å²) in [5.41, 5.74) is 0. The average molecular weight is 457 g/mol. The highest BCUT2D eigenvalue weighted by Gasteiger charge is 2.20. The molecule has 2 N–H and O–H groups in total. The van der Waals surface area contributed by atoms with E-state index in [9.17, 15) is 9.59 Å². The van der Waals surface area contributed by atoms with Gasteiger partial charge in [-0.1, -0.05) is 6.07 Å². The van der Waals surface area contributed by atoms with E-state index in [-0.39, 0.29) is 12.5 Å². The van der Waals surface area contributed by atoms with Gasteiger partial charge in [-0.3, -0.25) is 19.9 Å². The van der Waals surface area contributed by atoms with Gasteiger partial charge in [-0.05, 0) is 39.5 Å². The van der Waals surface area contributed by atoms with Crippen molar-refractivity contribution in [3.05, 3.63) is 43.2 Å². The van der Waals surface area contributed by atoms with Gasteiger partial charge >= 0.3 is 6.03 Å². The summed E-state index contributed by atoms with van der Waals surface area (Å²) in [6.07, 6.45) is 0. The van der Waals surface area contributed by atoms with Crippen LogP contribution in [0, 0.1) is 0 Å². The Morgan fingerprint density at radius 1 is 1.08 bits per heavy atom. The highest BCUT2D eigenvalue weighted by Crippen LogP contribution is 2.23. The van der Waals surface area contributed by atoms with Crippen LogP contribution < -0.4 is 10.6 Å². The lowest BCUT2D eigenvalue weighted by atomic mass is 10.3. The normalized spacial score (nSPS) is 15.7. The van der Waals surface area contributed by atoms with Crippen LogP contribution in [0.2, 0.25) is 0 Å². The second-order valence-electron chi connectivity index (χ2n) is 6.07. The smallest absolute Gasteiger partial charge is 0.321 e. The van der Waals surface area contributed by atoms with E-state index < -0.39 is 6.03 Å². The molecule has 1 saturated heterocycles. The number of amides is 3. The number of piperazine rings is 1. The Morgan fingerprint density at radius 2 is 1.85 bits per heavy atom. The van der Waals surface area contributed by atoms with Crippen molar-refractivity contribution in [1.29, 1.82) is 0 Å². The molecule has 1 aliphatic heterocycles. The van der Waals surface area contributed by atoms with Crippen LogP contribution in [0.25, 0.3) is 0 Å². The third-order valence-electron chi connectivity index (χ3n) is 4.10. The van der Waals surface area contributed by atoms with Crippen LogP contribution in [-0.2, 0) is 17.9 Å². The fourth-order valence-corrected chi connectivity index (χ4v) is 4.93. The third-order valence-corrected chi connectivity index (χ3v) is 6.58. The lowest BCUT2D eigenvalue weighted by Crippen LogP contribution is -2.50. The summed E-state index contributed by atoms with van der Waals surface area (Å²) in [7, 11) is 0. The molecule has 2 aromatic rings. The Labute approximate surface area is 169 Å². The van der Waals surface area contributed by atoms with Gasteiger partial charge in [0.15, 0.2) is 0 Å². The summed E-state index contributed by atoms with van der Waals surface area (Å²) in [5.74, 6) is -0.260. The molecule has 0 bridgehead atoms. The first-order valence-corrected chi connectivity index (χ1v) is 10.9. The number of halogens is 1. The zero-order chi connectivity index (χ0) is 18.4. The van der Waals surface area contributed by atoms with E-state index in [1.54, 1.807) is 22.7 Å². The van der Waals surface area contributed by atoms with Crippen LogP contribution in [0.5, 0.6) is 0 Å². The molecule has 0 saturated carbocycles. The largest absolute Gasteiger partial charge is 0.333 e. The van der Waals surface area contributed by atoms with E-state index in [1.807, 2.05) is 17.5 Å². The Hall–Kier alpha value is -1.26. The van der Waals surface area contributed by atoms with E-state index in [4.69, 9.17) is 0 Å². The number of thiophene rings is 2. The Kier molecular flexibility index (Phi) is 7.21. The second kappa shape index (κ2) is 9.61. The monoisotopic (exact) mass is 456 g/mol. The van der Waals surface area contributed by atoms with Gasteiger partial charge in [0.05, 0.1) is 16.9 Å². The van der Waals surface area contributed by atoms with Crippen molar-refractivity contribution in [2.24, 2.45) is 0 Å². The lowest BCUT2D eigenvalue weighted by molar-refractivity contribution is -0.121. The number of carbonyl (C=O) groups excluding carboxylic acids is 2. The molecule has 0 atom stereocenters. The van der Waals surface area contributed by atoms with Gasteiger partial charge in [-0.15, -0.1) is 22.7 Å². The van der Waals surface area contributed by atoms with Crippen LogP contribution in [0.4, 0.5) is 4.79 Å². The Bertz CT molecular complexity index is 727. The van der Waals surface area contributed by atoms with E-state index in [1.165, 1.54) is 4.88 Å². The number of urea groups is 1. The van der Waals surface area contributed by atoms with Gasteiger partial charge in [0.25, 0.3) is 0 Å². The van der Waals surface area contributed by atoms with Crippen molar-refractivity contribution in [2.45, 2.75) is 13.1 Å². The van der Waals surface area contributed by atoms with Crippen LogP contribution in [0.3, 0.4) is 0 Å². The topological polar surface area (TPSA) is 64.7 Å². The van der Waals surface area contributed by atoms with E-state index in [0.29, 0.717) is 6.54 Å². The van der Waals surface area contributed by atoms with Crippen molar-refractivity contribution in [2.75, 3.05) is 32.7 Å². The van der Waals surface area contributed by atoms with Gasteiger partial charge in [0.1, 0.15) is 0 Å². The first kappa shape index (κ1) is 19.5. The number of hydrogen-bond donors (Lipinski definition) is 2. The molecule has 0 aromatic carbocycles. The van der Waals surface area contributed by atoms with Crippen LogP contribution in [-0.4, -0.2) is 54.5 Å². The summed E-state index contributed by atoms with van der Waals surface area (Å²) in [6.45, 7) is 5.15. The number of rotatable bonds is 6. The van der Waals surface area contributed by atoms with Crippen molar-refractivity contribution in [1.82, 2.24) is 20.4 Å². The Morgan fingerprint density at radius 3 is 2.50 bits per heavy atom. The minimum absolute atomic E-state index is 0.255. The van der Waals surface area contributed by atoms with E-state index >= 15 is 0 Å².